The van der Waals surface area contributed by atoms with Crippen molar-refractivity contribution in [1.82, 2.24) is 15.3 Å². The molecule has 2 aromatic rings. The average molecular weight is 310 g/mol. The van der Waals surface area contributed by atoms with E-state index in [1.54, 1.807) is 18.3 Å². The Labute approximate surface area is 111 Å². The molecule has 4 nitrogen and oxygen atoms in total. The van der Waals surface area contributed by atoms with Crippen LogP contribution in [0.2, 0.25) is 0 Å². The van der Waals surface area contributed by atoms with Gasteiger partial charge in [-0.05, 0) is 40.2 Å². The van der Waals surface area contributed by atoms with Crippen LogP contribution in [0.5, 0.6) is 0 Å². The Hall–Kier alpha value is -1.82. The fourth-order valence-corrected chi connectivity index (χ4v) is 1.58. The summed E-state index contributed by atoms with van der Waals surface area (Å²) < 4.78 is 13.6. The summed E-state index contributed by atoms with van der Waals surface area (Å²) in [6.07, 6.45) is 2.99. The molecule has 1 aromatic carbocycles. The number of carbonyl (C=O) groups is 1. The Bertz CT molecular complexity index is 563. The molecule has 1 amide bonds. The van der Waals surface area contributed by atoms with E-state index in [1.165, 1.54) is 18.5 Å². The number of aromatic nitrogens is 2. The SMILES string of the molecule is O=C(NCc1ccncn1)c1ccc(Br)c(F)c1. The van der Waals surface area contributed by atoms with Gasteiger partial charge >= 0.3 is 0 Å². The highest BCUT2D eigenvalue weighted by Crippen LogP contribution is 2.16. The van der Waals surface area contributed by atoms with Crippen molar-refractivity contribution >= 4 is 21.8 Å². The van der Waals surface area contributed by atoms with Crippen molar-refractivity contribution in [3.05, 3.63) is 58.3 Å². The van der Waals surface area contributed by atoms with Crippen LogP contribution in [0.15, 0.2) is 41.3 Å². The highest BCUT2D eigenvalue weighted by molar-refractivity contribution is 9.10. The lowest BCUT2D eigenvalue weighted by atomic mass is 10.2. The van der Waals surface area contributed by atoms with E-state index in [0.29, 0.717) is 10.2 Å². The molecule has 18 heavy (non-hydrogen) atoms. The Morgan fingerprint density at radius 1 is 1.39 bits per heavy atom. The molecule has 0 aliphatic rings. The van der Waals surface area contributed by atoms with Gasteiger partial charge in [-0.2, -0.15) is 0 Å². The third-order valence-corrected chi connectivity index (χ3v) is 2.90. The Morgan fingerprint density at radius 3 is 2.89 bits per heavy atom. The van der Waals surface area contributed by atoms with Crippen LogP contribution in [0, 0.1) is 5.82 Å². The minimum atomic E-state index is -0.468. The minimum Gasteiger partial charge on any atom is -0.346 e. The van der Waals surface area contributed by atoms with Crippen molar-refractivity contribution in [2.24, 2.45) is 0 Å². The van der Waals surface area contributed by atoms with E-state index < -0.39 is 5.82 Å². The van der Waals surface area contributed by atoms with Crippen LogP contribution in [-0.4, -0.2) is 15.9 Å². The molecule has 0 fully saturated rings. The van der Waals surface area contributed by atoms with Gasteiger partial charge in [0.15, 0.2) is 0 Å². The Kier molecular flexibility index (Phi) is 3.99. The number of amides is 1. The first-order valence-electron chi connectivity index (χ1n) is 5.15. The quantitative estimate of drug-likeness (QED) is 0.946. The summed E-state index contributed by atoms with van der Waals surface area (Å²) in [6, 6.07) is 5.92. The van der Waals surface area contributed by atoms with Crippen molar-refractivity contribution in [2.75, 3.05) is 0 Å². The number of rotatable bonds is 3. The van der Waals surface area contributed by atoms with Crippen LogP contribution in [0.3, 0.4) is 0 Å². The maximum atomic E-state index is 13.3. The molecule has 92 valence electrons. The molecule has 6 heteroatoms. The number of hydrogen-bond acceptors (Lipinski definition) is 3. The largest absolute Gasteiger partial charge is 0.346 e. The number of carbonyl (C=O) groups excluding carboxylic acids is 1. The standard InChI is InChI=1S/C12H9BrFN3O/c13-10-2-1-8(5-11(10)14)12(18)16-6-9-3-4-15-7-17-9/h1-5,7H,6H2,(H,16,18). The van der Waals surface area contributed by atoms with Gasteiger partial charge in [0.25, 0.3) is 5.91 Å². The second-order valence-corrected chi connectivity index (χ2v) is 4.37. The normalized spacial score (nSPS) is 10.1. The highest BCUT2D eigenvalue weighted by Gasteiger charge is 2.08. The van der Waals surface area contributed by atoms with Crippen LogP contribution >= 0.6 is 15.9 Å². The molecule has 0 saturated carbocycles. The molecule has 2 rings (SSSR count). The third-order valence-electron chi connectivity index (χ3n) is 2.26. The van der Waals surface area contributed by atoms with Crippen LogP contribution in [0.1, 0.15) is 16.1 Å². The lowest BCUT2D eigenvalue weighted by molar-refractivity contribution is 0.0950. The first kappa shape index (κ1) is 12.6. The maximum Gasteiger partial charge on any atom is 0.251 e. The molecule has 1 aromatic heterocycles. The number of hydrogen-bond donors (Lipinski definition) is 1. The van der Waals surface area contributed by atoms with E-state index in [2.05, 4.69) is 31.2 Å². The van der Waals surface area contributed by atoms with Crippen molar-refractivity contribution in [1.29, 1.82) is 0 Å². The lowest BCUT2D eigenvalue weighted by Crippen LogP contribution is -2.23. The summed E-state index contributed by atoms with van der Waals surface area (Å²) in [5.41, 5.74) is 0.959. The van der Waals surface area contributed by atoms with Crippen LogP contribution in [0.4, 0.5) is 4.39 Å². The molecule has 0 spiro atoms. The second-order valence-electron chi connectivity index (χ2n) is 3.51. The average Bonchev–Trinajstić information content (AvgIpc) is 2.40. The predicted octanol–water partition coefficient (Wildman–Crippen LogP) is 2.31. The molecule has 0 atom stereocenters. The molecule has 1 heterocycles. The highest BCUT2D eigenvalue weighted by atomic mass is 79.9. The Morgan fingerprint density at radius 2 is 2.22 bits per heavy atom. The van der Waals surface area contributed by atoms with Gasteiger partial charge in [-0.3, -0.25) is 4.79 Å². The first-order valence-corrected chi connectivity index (χ1v) is 5.94. The van der Waals surface area contributed by atoms with Crippen molar-refractivity contribution in [2.45, 2.75) is 6.54 Å². The molecule has 1 N–H and O–H groups in total. The molecule has 0 saturated heterocycles. The van der Waals surface area contributed by atoms with Gasteiger partial charge in [-0.25, -0.2) is 14.4 Å². The maximum absolute atomic E-state index is 13.3. The summed E-state index contributed by atoms with van der Waals surface area (Å²) in [7, 11) is 0. The molecular weight excluding hydrogens is 301 g/mol. The van der Waals surface area contributed by atoms with Gasteiger partial charge in [-0.15, -0.1) is 0 Å². The first-order chi connectivity index (χ1) is 8.66. The number of nitrogens with one attached hydrogen (secondary N) is 1. The molecule has 0 radical (unpaired) electrons. The zero-order chi connectivity index (χ0) is 13.0. The third kappa shape index (κ3) is 3.10. The van der Waals surface area contributed by atoms with Gasteiger partial charge in [0.2, 0.25) is 0 Å². The van der Waals surface area contributed by atoms with E-state index >= 15 is 0 Å². The number of nitrogens with zero attached hydrogens (tertiary/aromatic N) is 2. The number of benzene rings is 1. The fraction of sp³-hybridized carbons (Fsp3) is 0.0833. The van der Waals surface area contributed by atoms with Crippen molar-refractivity contribution in [3.63, 3.8) is 0 Å². The van der Waals surface area contributed by atoms with E-state index in [4.69, 9.17) is 0 Å². The van der Waals surface area contributed by atoms with Crippen LogP contribution in [0.25, 0.3) is 0 Å². The number of halogens is 2. The lowest BCUT2D eigenvalue weighted by Gasteiger charge is -2.05. The van der Waals surface area contributed by atoms with Gasteiger partial charge in [0, 0.05) is 11.8 Å². The van der Waals surface area contributed by atoms with Gasteiger partial charge in [-0.1, -0.05) is 0 Å². The smallest absolute Gasteiger partial charge is 0.251 e. The van der Waals surface area contributed by atoms with E-state index in [9.17, 15) is 9.18 Å². The van der Waals surface area contributed by atoms with E-state index in [-0.39, 0.29) is 18.0 Å². The van der Waals surface area contributed by atoms with Crippen LogP contribution < -0.4 is 5.32 Å². The molecule has 0 bridgehead atoms. The minimum absolute atomic E-state index is 0.268. The van der Waals surface area contributed by atoms with Gasteiger partial charge in [0.1, 0.15) is 12.1 Å². The van der Waals surface area contributed by atoms with E-state index in [1.807, 2.05) is 0 Å². The zero-order valence-corrected chi connectivity index (χ0v) is 10.8. The molecule has 0 unspecified atom stereocenters. The van der Waals surface area contributed by atoms with Crippen molar-refractivity contribution in [3.8, 4) is 0 Å². The summed E-state index contributed by atoms with van der Waals surface area (Å²) in [5.74, 6) is -0.815. The summed E-state index contributed by atoms with van der Waals surface area (Å²) >= 11 is 3.03. The van der Waals surface area contributed by atoms with Gasteiger partial charge in [0.05, 0.1) is 16.7 Å². The topological polar surface area (TPSA) is 54.9 Å². The van der Waals surface area contributed by atoms with Crippen LogP contribution in [-0.2, 0) is 6.54 Å². The molecule has 0 aliphatic heterocycles. The predicted molar refractivity (Wildman–Crippen MR) is 67.3 cm³/mol. The molecular formula is C12H9BrFN3O. The summed E-state index contributed by atoms with van der Waals surface area (Å²) in [4.78, 5) is 19.5. The Balaban J connectivity index is 2.02. The molecule has 0 aliphatic carbocycles. The fourth-order valence-electron chi connectivity index (χ4n) is 1.33. The monoisotopic (exact) mass is 309 g/mol. The van der Waals surface area contributed by atoms with Crippen molar-refractivity contribution < 1.29 is 9.18 Å². The zero-order valence-electron chi connectivity index (χ0n) is 9.23. The summed E-state index contributed by atoms with van der Waals surface area (Å²) in [5, 5.41) is 2.65. The second kappa shape index (κ2) is 5.68. The summed E-state index contributed by atoms with van der Waals surface area (Å²) in [6.45, 7) is 0.277. The van der Waals surface area contributed by atoms with Gasteiger partial charge < -0.3 is 5.32 Å². The van der Waals surface area contributed by atoms with E-state index in [0.717, 1.165) is 0 Å².